The van der Waals surface area contributed by atoms with Crippen LogP contribution in [-0.4, -0.2) is 62.0 Å². The molecule has 2 heterocycles. The Morgan fingerprint density at radius 3 is 2.26 bits per heavy atom. The molecule has 0 radical (unpaired) electrons. The second-order valence-electron chi connectivity index (χ2n) is 5.57. The van der Waals surface area contributed by atoms with Gasteiger partial charge in [-0.3, -0.25) is 4.79 Å². The van der Waals surface area contributed by atoms with Crippen molar-refractivity contribution >= 4 is 11.6 Å². The Labute approximate surface area is 114 Å². The van der Waals surface area contributed by atoms with Crippen molar-refractivity contribution in [2.45, 2.75) is 0 Å². The van der Waals surface area contributed by atoms with Crippen molar-refractivity contribution in [2.24, 2.45) is 5.92 Å². The number of benzene rings is 1. The Morgan fingerprint density at radius 2 is 1.68 bits per heavy atom. The maximum absolute atomic E-state index is 12.2. The number of hydrogen-bond acceptors (Lipinski definition) is 3. The van der Waals surface area contributed by atoms with Gasteiger partial charge in [-0.25, -0.2) is 0 Å². The van der Waals surface area contributed by atoms with Crippen LogP contribution in [0, 0.1) is 5.92 Å². The van der Waals surface area contributed by atoms with Crippen LogP contribution >= 0.6 is 0 Å². The van der Waals surface area contributed by atoms with Crippen molar-refractivity contribution in [2.75, 3.05) is 51.2 Å². The van der Waals surface area contributed by atoms with Gasteiger partial charge >= 0.3 is 0 Å². The zero-order valence-corrected chi connectivity index (χ0v) is 11.5. The summed E-state index contributed by atoms with van der Waals surface area (Å²) in [6, 6.07) is 10.4. The van der Waals surface area contributed by atoms with Gasteiger partial charge in [0.2, 0.25) is 5.91 Å². The molecule has 0 spiro atoms. The predicted molar refractivity (Wildman–Crippen MR) is 76.2 cm³/mol. The molecule has 4 nitrogen and oxygen atoms in total. The number of nitrogens with zero attached hydrogens (tertiary/aromatic N) is 3. The third-order valence-electron chi connectivity index (χ3n) is 4.13. The van der Waals surface area contributed by atoms with Crippen molar-refractivity contribution in [3.63, 3.8) is 0 Å². The van der Waals surface area contributed by atoms with Crippen LogP contribution in [0.2, 0.25) is 0 Å². The zero-order chi connectivity index (χ0) is 13.2. The lowest BCUT2D eigenvalue weighted by atomic mass is 9.99. The number of carbonyl (C=O) groups is 1. The number of amides is 1. The van der Waals surface area contributed by atoms with Gasteiger partial charge in [-0.2, -0.15) is 0 Å². The molecule has 1 aromatic rings. The van der Waals surface area contributed by atoms with Gasteiger partial charge in [-0.1, -0.05) is 18.2 Å². The Balaban J connectivity index is 1.53. The van der Waals surface area contributed by atoms with Crippen LogP contribution in [0.15, 0.2) is 30.3 Å². The minimum Gasteiger partial charge on any atom is -0.368 e. The molecule has 0 atom stereocenters. The van der Waals surface area contributed by atoms with E-state index in [0.717, 1.165) is 39.3 Å². The summed E-state index contributed by atoms with van der Waals surface area (Å²) >= 11 is 0. The number of hydrogen-bond donors (Lipinski definition) is 0. The summed E-state index contributed by atoms with van der Waals surface area (Å²) in [5.41, 5.74) is 1.26. The molecule has 0 aliphatic carbocycles. The van der Waals surface area contributed by atoms with Gasteiger partial charge in [0.05, 0.1) is 5.92 Å². The molecule has 0 saturated carbocycles. The van der Waals surface area contributed by atoms with E-state index in [0.29, 0.717) is 5.91 Å². The number of likely N-dealkylation sites (tertiary alicyclic amines) is 1. The van der Waals surface area contributed by atoms with Crippen molar-refractivity contribution in [3.05, 3.63) is 30.3 Å². The van der Waals surface area contributed by atoms with Crippen LogP contribution in [0.4, 0.5) is 5.69 Å². The Morgan fingerprint density at radius 1 is 1.05 bits per heavy atom. The highest BCUT2D eigenvalue weighted by Crippen LogP contribution is 2.19. The standard InChI is InChI=1S/C15H21N3O/c1-16-11-13(12-16)15(19)18-9-7-17(8-10-18)14-5-3-2-4-6-14/h2-6,13H,7-12H2,1H3. The minimum absolute atomic E-state index is 0.244. The normalized spacial score (nSPS) is 21.3. The van der Waals surface area contributed by atoms with E-state index in [2.05, 4.69) is 41.1 Å². The fourth-order valence-corrected chi connectivity index (χ4v) is 2.94. The lowest BCUT2D eigenvalue weighted by Crippen LogP contribution is -2.56. The summed E-state index contributed by atoms with van der Waals surface area (Å²) in [4.78, 5) is 18.8. The van der Waals surface area contributed by atoms with Crippen LogP contribution in [0.3, 0.4) is 0 Å². The summed E-state index contributed by atoms with van der Waals surface area (Å²) < 4.78 is 0. The fourth-order valence-electron chi connectivity index (χ4n) is 2.94. The monoisotopic (exact) mass is 259 g/mol. The fraction of sp³-hybridized carbons (Fsp3) is 0.533. The maximum Gasteiger partial charge on any atom is 0.228 e. The molecule has 2 aliphatic heterocycles. The van der Waals surface area contributed by atoms with Crippen LogP contribution in [-0.2, 0) is 4.79 Å². The summed E-state index contributed by atoms with van der Waals surface area (Å²) in [5.74, 6) is 0.596. The molecule has 2 fully saturated rings. The Hall–Kier alpha value is -1.55. The van der Waals surface area contributed by atoms with Gasteiger partial charge in [0.15, 0.2) is 0 Å². The Kier molecular flexibility index (Phi) is 3.42. The summed E-state index contributed by atoms with van der Waals surface area (Å²) in [6.45, 7) is 5.45. The number of piperazine rings is 1. The van der Waals surface area contributed by atoms with Gasteiger partial charge in [0.25, 0.3) is 0 Å². The Bertz CT molecular complexity index is 434. The summed E-state index contributed by atoms with van der Waals surface area (Å²) in [7, 11) is 2.07. The average molecular weight is 259 g/mol. The first-order chi connectivity index (χ1) is 9.24. The third kappa shape index (κ3) is 2.59. The van der Waals surface area contributed by atoms with Gasteiger partial charge in [0.1, 0.15) is 0 Å². The first kappa shape index (κ1) is 12.5. The van der Waals surface area contributed by atoms with E-state index in [9.17, 15) is 4.79 Å². The highest BCUT2D eigenvalue weighted by atomic mass is 16.2. The lowest BCUT2D eigenvalue weighted by molar-refractivity contribution is -0.140. The molecule has 1 aromatic carbocycles. The van der Waals surface area contributed by atoms with Crippen molar-refractivity contribution in [3.8, 4) is 0 Å². The molecular weight excluding hydrogens is 238 g/mol. The number of anilines is 1. The molecule has 0 bridgehead atoms. The average Bonchev–Trinajstić information content (AvgIpc) is 2.44. The highest BCUT2D eigenvalue weighted by molar-refractivity contribution is 5.80. The van der Waals surface area contributed by atoms with E-state index in [-0.39, 0.29) is 5.92 Å². The van der Waals surface area contributed by atoms with Gasteiger partial charge in [-0.05, 0) is 19.2 Å². The summed E-state index contributed by atoms with van der Waals surface area (Å²) in [5, 5.41) is 0. The molecule has 3 rings (SSSR count). The number of rotatable bonds is 2. The molecule has 2 aliphatic rings. The predicted octanol–water partition coefficient (Wildman–Crippen LogP) is 0.897. The second kappa shape index (κ2) is 5.21. The van der Waals surface area contributed by atoms with Crippen LogP contribution in [0.25, 0.3) is 0 Å². The van der Waals surface area contributed by atoms with E-state index in [1.807, 2.05) is 11.0 Å². The first-order valence-corrected chi connectivity index (χ1v) is 7.01. The largest absolute Gasteiger partial charge is 0.368 e. The molecule has 2 saturated heterocycles. The lowest BCUT2D eigenvalue weighted by Gasteiger charge is -2.41. The number of carbonyl (C=O) groups excluding carboxylic acids is 1. The quantitative estimate of drug-likeness (QED) is 0.789. The molecule has 102 valence electrons. The van der Waals surface area contributed by atoms with Crippen LogP contribution in [0.1, 0.15) is 0 Å². The first-order valence-electron chi connectivity index (χ1n) is 7.01. The SMILES string of the molecule is CN1CC(C(=O)N2CCN(c3ccccc3)CC2)C1. The van der Waals surface area contributed by atoms with E-state index in [1.54, 1.807) is 0 Å². The molecule has 1 amide bonds. The molecular formula is C15H21N3O. The number of para-hydroxylation sites is 1. The smallest absolute Gasteiger partial charge is 0.228 e. The van der Waals surface area contributed by atoms with Crippen molar-refractivity contribution in [1.29, 1.82) is 0 Å². The van der Waals surface area contributed by atoms with E-state index in [4.69, 9.17) is 0 Å². The molecule has 19 heavy (non-hydrogen) atoms. The van der Waals surface area contributed by atoms with Crippen molar-refractivity contribution < 1.29 is 4.79 Å². The highest BCUT2D eigenvalue weighted by Gasteiger charge is 2.34. The minimum atomic E-state index is 0.244. The molecule has 0 N–H and O–H groups in total. The summed E-state index contributed by atoms with van der Waals surface area (Å²) in [6.07, 6.45) is 0. The van der Waals surface area contributed by atoms with Gasteiger partial charge < -0.3 is 14.7 Å². The molecule has 0 aromatic heterocycles. The topological polar surface area (TPSA) is 26.8 Å². The van der Waals surface area contributed by atoms with Gasteiger partial charge in [0, 0.05) is 45.0 Å². The third-order valence-corrected chi connectivity index (χ3v) is 4.13. The van der Waals surface area contributed by atoms with E-state index < -0.39 is 0 Å². The van der Waals surface area contributed by atoms with Crippen LogP contribution in [0.5, 0.6) is 0 Å². The zero-order valence-electron chi connectivity index (χ0n) is 11.5. The van der Waals surface area contributed by atoms with E-state index in [1.165, 1.54) is 5.69 Å². The van der Waals surface area contributed by atoms with Gasteiger partial charge in [-0.15, -0.1) is 0 Å². The maximum atomic E-state index is 12.2. The van der Waals surface area contributed by atoms with Crippen LogP contribution < -0.4 is 4.90 Å². The second-order valence-corrected chi connectivity index (χ2v) is 5.57. The van der Waals surface area contributed by atoms with Crippen molar-refractivity contribution in [1.82, 2.24) is 9.80 Å². The van der Waals surface area contributed by atoms with E-state index >= 15 is 0 Å². The molecule has 0 unspecified atom stereocenters. The molecule has 4 heteroatoms.